The number of rotatable bonds is 4. The first-order chi connectivity index (χ1) is 16.7. The number of alkyl halides is 3. The molecule has 2 aliphatic heterocycles. The van der Waals surface area contributed by atoms with E-state index in [2.05, 4.69) is 4.99 Å². The third-order valence-corrected chi connectivity index (χ3v) is 6.44. The average molecular weight is 504 g/mol. The highest BCUT2D eigenvalue weighted by Crippen LogP contribution is 2.41. The molecular weight excluding hydrogens is 483 g/mol. The second kappa shape index (κ2) is 10.0. The van der Waals surface area contributed by atoms with Gasteiger partial charge < -0.3 is 19.5 Å². The number of β-amino-alcohol motifs (C(OH)–C–C–N with tert-alkyl or cyclic N) is 1. The molecule has 2 aromatic rings. The van der Waals surface area contributed by atoms with Gasteiger partial charge in [0.15, 0.2) is 16.7 Å². The summed E-state index contributed by atoms with van der Waals surface area (Å²) >= 11 is 1.20. The van der Waals surface area contributed by atoms with Crippen molar-refractivity contribution in [1.82, 2.24) is 4.90 Å². The molecule has 1 amide bonds. The third-order valence-electron chi connectivity index (χ3n) is 5.40. The Morgan fingerprint density at radius 3 is 2.69 bits per heavy atom. The number of methoxy groups -OCH3 is 1. The zero-order valence-corrected chi connectivity index (χ0v) is 19.3. The number of amides is 1. The fourth-order valence-electron chi connectivity index (χ4n) is 3.70. The van der Waals surface area contributed by atoms with Gasteiger partial charge in [0.1, 0.15) is 5.75 Å². The van der Waals surface area contributed by atoms with Crippen LogP contribution in [-0.4, -0.2) is 47.4 Å². The first-order valence-corrected chi connectivity index (χ1v) is 11.4. The molecular formula is C24H20F3N3O4S. The van der Waals surface area contributed by atoms with Crippen LogP contribution in [0, 0.1) is 11.3 Å². The number of carbonyl (C=O) groups is 1. The van der Waals surface area contributed by atoms with Crippen LogP contribution in [0.5, 0.6) is 17.2 Å². The van der Waals surface area contributed by atoms with Crippen molar-refractivity contribution < 1.29 is 32.5 Å². The molecule has 1 saturated heterocycles. The minimum Gasteiger partial charge on any atom is -0.493 e. The molecule has 11 heteroatoms. The molecule has 1 fully saturated rings. The molecule has 1 unspecified atom stereocenters. The second-order valence-electron chi connectivity index (χ2n) is 7.89. The van der Waals surface area contributed by atoms with E-state index < -0.39 is 29.5 Å². The Hall–Kier alpha value is -3.49. The highest BCUT2D eigenvalue weighted by molar-refractivity contribution is 8.18. The lowest BCUT2D eigenvalue weighted by atomic mass is 10.1. The van der Waals surface area contributed by atoms with E-state index >= 15 is 0 Å². The van der Waals surface area contributed by atoms with Gasteiger partial charge >= 0.3 is 6.18 Å². The van der Waals surface area contributed by atoms with Crippen LogP contribution in [0.3, 0.4) is 0 Å². The lowest BCUT2D eigenvalue weighted by Gasteiger charge is -2.30. The summed E-state index contributed by atoms with van der Waals surface area (Å²) in [5.74, 6) is -0.678. The fourth-order valence-corrected chi connectivity index (χ4v) is 4.65. The van der Waals surface area contributed by atoms with E-state index in [1.807, 2.05) is 4.90 Å². The SMILES string of the molecule is COc1cc(C=C2SC(N3CCCC(O)C3)=NC2=O)ccc1Oc1ccc(C#N)cc1C(F)(F)F. The summed E-state index contributed by atoms with van der Waals surface area (Å²) in [6.07, 6.45) is -2.05. The number of aliphatic hydroxyl groups is 1. The largest absolute Gasteiger partial charge is 0.493 e. The second-order valence-corrected chi connectivity index (χ2v) is 8.89. The van der Waals surface area contributed by atoms with Crippen LogP contribution in [0.1, 0.15) is 29.5 Å². The van der Waals surface area contributed by atoms with Crippen molar-refractivity contribution in [2.45, 2.75) is 25.1 Å². The van der Waals surface area contributed by atoms with E-state index in [1.54, 1.807) is 18.2 Å². The summed E-state index contributed by atoms with van der Waals surface area (Å²) in [4.78, 5) is 18.8. The van der Waals surface area contributed by atoms with Crippen LogP contribution in [0.4, 0.5) is 13.2 Å². The number of aliphatic hydroxyl groups excluding tert-OH is 1. The Balaban J connectivity index is 1.56. The van der Waals surface area contributed by atoms with E-state index in [-0.39, 0.29) is 17.1 Å². The van der Waals surface area contributed by atoms with Gasteiger partial charge in [-0.25, -0.2) is 0 Å². The molecule has 2 aliphatic rings. The lowest BCUT2D eigenvalue weighted by Crippen LogP contribution is -2.40. The molecule has 35 heavy (non-hydrogen) atoms. The fraction of sp³-hybridized carbons (Fsp3) is 0.292. The van der Waals surface area contributed by atoms with Gasteiger partial charge in [-0.1, -0.05) is 6.07 Å². The van der Waals surface area contributed by atoms with E-state index in [4.69, 9.17) is 14.7 Å². The van der Waals surface area contributed by atoms with Gasteiger partial charge in [-0.3, -0.25) is 4.79 Å². The minimum atomic E-state index is -4.72. The number of nitrogens with zero attached hydrogens (tertiary/aromatic N) is 3. The standard InChI is InChI=1S/C24H20F3N3O4S/c1-33-20-10-14(11-21-22(32)29-23(35-21)30-8-2-3-16(31)13-30)4-7-19(20)34-18-6-5-15(12-28)9-17(18)24(25,26)27/h4-7,9-11,16,31H,2-3,8,13H2,1H3. The number of likely N-dealkylation sites (tertiary alicyclic amines) is 1. The predicted octanol–water partition coefficient (Wildman–Crippen LogP) is 4.80. The van der Waals surface area contributed by atoms with Crippen molar-refractivity contribution in [3.63, 3.8) is 0 Å². The van der Waals surface area contributed by atoms with Crippen molar-refractivity contribution in [3.8, 4) is 23.3 Å². The third kappa shape index (κ3) is 5.61. The van der Waals surface area contributed by atoms with Crippen molar-refractivity contribution in [2.75, 3.05) is 20.2 Å². The van der Waals surface area contributed by atoms with Gasteiger partial charge in [-0.05, 0) is 66.6 Å². The maximum atomic E-state index is 13.5. The number of carbonyl (C=O) groups excluding carboxylic acids is 1. The molecule has 0 radical (unpaired) electrons. The predicted molar refractivity (Wildman–Crippen MR) is 124 cm³/mol. The van der Waals surface area contributed by atoms with E-state index in [0.717, 1.165) is 18.6 Å². The van der Waals surface area contributed by atoms with Gasteiger partial charge in [-0.2, -0.15) is 23.4 Å². The topological polar surface area (TPSA) is 95.2 Å². The number of thioether (sulfide) groups is 1. The van der Waals surface area contributed by atoms with Gasteiger partial charge in [0.2, 0.25) is 0 Å². The molecule has 0 aromatic heterocycles. The van der Waals surface area contributed by atoms with Crippen LogP contribution in [-0.2, 0) is 11.0 Å². The van der Waals surface area contributed by atoms with Crippen LogP contribution in [0.25, 0.3) is 6.08 Å². The van der Waals surface area contributed by atoms with Gasteiger partial charge in [-0.15, -0.1) is 0 Å². The smallest absolute Gasteiger partial charge is 0.420 e. The number of nitriles is 1. The zero-order valence-electron chi connectivity index (χ0n) is 18.5. The molecule has 0 spiro atoms. The Bertz CT molecular complexity index is 1250. The summed E-state index contributed by atoms with van der Waals surface area (Å²) in [5.41, 5.74) is -0.653. The van der Waals surface area contributed by atoms with E-state index in [1.165, 1.54) is 37.1 Å². The molecule has 0 bridgehead atoms. The Labute approximate surface area is 203 Å². The first kappa shape index (κ1) is 24.6. The molecule has 1 atom stereocenters. The highest BCUT2D eigenvalue weighted by atomic mass is 32.2. The van der Waals surface area contributed by atoms with Crippen molar-refractivity contribution >= 4 is 28.9 Å². The maximum absolute atomic E-state index is 13.5. The maximum Gasteiger partial charge on any atom is 0.420 e. The first-order valence-electron chi connectivity index (χ1n) is 10.6. The summed E-state index contributed by atoms with van der Waals surface area (Å²) in [6.45, 7) is 1.13. The lowest BCUT2D eigenvalue weighted by molar-refractivity contribution is -0.138. The summed E-state index contributed by atoms with van der Waals surface area (Å²) in [5, 5.41) is 19.3. The number of halogens is 3. The highest BCUT2D eigenvalue weighted by Gasteiger charge is 2.35. The van der Waals surface area contributed by atoms with E-state index in [0.29, 0.717) is 35.1 Å². The number of hydrogen-bond acceptors (Lipinski definition) is 7. The molecule has 7 nitrogen and oxygen atoms in total. The summed E-state index contributed by atoms with van der Waals surface area (Å²) < 4.78 is 51.2. The molecule has 1 N–H and O–H groups in total. The van der Waals surface area contributed by atoms with Crippen LogP contribution in [0.15, 0.2) is 46.3 Å². The van der Waals surface area contributed by atoms with Gasteiger partial charge in [0.25, 0.3) is 5.91 Å². The average Bonchev–Trinajstić information content (AvgIpc) is 3.19. The Morgan fingerprint density at radius 1 is 1.23 bits per heavy atom. The molecule has 0 aliphatic carbocycles. The van der Waals surface area contributed by atoms with E-state index in [9.17, 15) is 23.1 Å². The van der Waals surface area contributed by atoms with Crippen LogP contribution < -0.4 is 9.47 Å². The van der Waals surface area contributed by atoms with Crippen molar-refractivity contribution in [2.24, 2.45) is 4.99 Å². The number of aliphatic imine (C=N–C) groups is 1. The molecule has 2 aromatic carbocycles. The van der Waals surface area contributed by atoms with Crippen molar-refractivity contribution in [3.05, 3.63) is 58.0 Å². The normalized spacial score (nSPS) is 19.5. The van der Waals surface area contributed by atoms with Gasteiger partial charge in [0.05, 0.1) is 35.3 Å². The zero-order chi connectivity index (χ0) is 25.2. The number of benzene rings is 2. The molecule has 4 rings (SSSR count). The van der Waals surface area contributed by atoms with Crippen LogP contribution in [0.2, 0.25) is 0 Å². The number of ether oxygens (including phenoxy) is 2. The number of hydrogen-bond donors (Lipinski definition) is 1. The molecule has 182 valence electrons. The van der Waals surface area contributed by atoms with Gasteiger partial charge in [0, 0.05) is 13.1 Å². The molecule has 2 heterocycles. The monoisotopic (exact) mass is 503 g/mol. The number of piperidine rings is 1. The quantitative estimate of drug-likeness (QED) is 0.599. The number of amidine groups is 1. The minimum absolute atomic E-state index is 0.0366. The summed E-state index contributed by atoms with van der Waals surface area (Å²) in [6, 6.07) is 9.29. The summed E-state index contributed by atoms with van der Waals surface area (Å²) in [7, 11) is 1.35. The van der Waals surface area contributed by atoms with Crippen molar-refractivity contribution in [1.29, 1.82) is 5.26 Å². The molecule has 0 saturated carbocycles. The van der Waals surface area contributed by atoms with Crippen LogP contribution >= 0.6 is 11.8 Å². The Kier molecular flexibility index (Phi) is 7.05. The Morgan fingerprint density at radius 2 is 2.00 bits per heavy atom.